The lowest BCUT2D eigenvalue weighted by molar-refractivity contribution is 0.0632. The summed E-state index contributed by atoms with van der Waals surface area (Å²) in [5.74, 6) is 0.0900. The minimum atomic E-state index is -3.26. The molecule has 1 aromatic heterocycles. The molecule has 0 bridgehead atoms. The van der Waals surface area contributed by atoms with Crippen LogP contribution in [0.3, 0.4) is 0 Å². The van der Waals surface area contributed by atoms with Crippen molar-refractivity contribution in [2.75, 3.05) is 12.3 Å². The van der Waals surface area contributed by atoms with Crippen molar-refractivity contribution in [1.29, 1.82) is 0 Å². The van der Waals surface area contributed by atoms with E-state index in [0.717, 1.165) is 5.56 Å². The summed E-state index contributed by atoms with van der Waals surface area (Å²) >= 11 is 1.47. The monoisotopic (exact) mass is 263 g/mol. The summed E-state index contributed by atoms with van der Waals surface area (Å²) in [6.07, 6.45) is 0.565. The predicted molar refractivity (Wildman–Crippen MR) is 66.0 cm³/mol. The van der Waals surface area contributed by atoms with Crippen molar-refractivity contribution < 1.29 is 13.5 Å². The van der Waals surface area contributed by atoms with E-state index in [4.69, 9.17) is 0 Å². The molecule has 1 heterocycles. The number of nitrogens with one attached hydrogen (secondary N) is 1. The zero-order valence-electron chi connectivity index (χ0n) is 9.43. The van der Waals surface area contributed by atoms with E-state index in [1.807, 2.05) is 10.8 Å². The number of sulfonamides is 1. The molecule has 0 aliphatic carbocycles. The quantitative estimate of drug-likeness (QED) is 0.812. The second-order valence-electron chi connectivity index (χ2n) is 3.93. The Morgan fingerprint density at radius 2 is 2.25 bits per heavy atom. The molecular formula is C10H17NO3S2. The van der Waals surface area contributed by atoms with Crippen LogP contribution in [-0.2, 0) is 15.6 Å². The lowest BCUT2D eigenvalue weighted by atomic mass is 10.0. The number of hydrogen-bond acceptors (Lipinski definition) is 4. The van der Waals surface area contributed by atoms with Gasteiger partial charge in [0.25, 0.3) is 0 Å². The minimum absolute atomic E-state index is 0.00602. The normalized spacial score (nSPS) is 15.9. The molecule has 1 atom stereocenters. The van der Waals surface area contributed by atoms with Gasteiger partial charge >= 0.3 is 0 Å². The van der Waals surface area contributed by atoms with E-state index in [1.54, 1.807) is 19.9 Å². The van der Waals surface area contributed by atoms with Gasteiger partial charge in [-0.05, 0) is 35.7 Å². The molecule has 0 aliphatic rings. The molecule has 4 nitrogen and oxygen atoms in total. The van der Waals surface area contributed by atoms with Gasteiger partial charge < -0.3 is 5.11 Å². The molecule has 0 fully saturated rings. The van der Waals surface area contributed by atoms with Crippen LogP contribution in [0.4, 0.5) is 0 Å². The van der Waals surface area contributed by atoms with E-state index in [0.29, 0.717) is 6.42 Å². The molecule has 2 N–H and O–H groups in total. The largest absolute Gasteiger partial charge is 0.384 e. The highest BCUT2D eigenvalue weighted by Crippen LogP contribution is 2.22. The summed E-state index contributed by atoms with van der Waals surface area (Å²) in [7, 11) is -3.26. The van der Waals surface area contributed by atoms with E-state index >= 15 is 0 Å². The van der Waals surface area contributed by atoms with E-state index in [1.165, 1.54) is 11.3 Å². The fourth-order valence-electron chi connectivity index (χ4n) is 1.26. The third-order valence-corrected chi connectivity index (χ3v) is 4.47. The Bertz CT molecular complexity index is 409. The highest BCUT2D eigenvalue weighted by atomic mass is 32.2. The van der Waals surface area contributed by atoms with Gasteiger partial charge in [-0.1, -0.05) is 6.92 Å². The van der Waals surface area contributed by atoms with Crippen molar-refractivity contribution in [3.63, 3.8) is 0 Å². The number of rotatable bonds is 6. The highest BCUT2D eigenvalue weighted by molar-refractivity contribution is 7.89. The van der Waals surface area contributed by atoms with Crippen LogP contribution in [-0.4, -0.2) is 25.8 Å². The molecule has 0 radical (unpaired) electrons. The van der Waals surface area contributed by atoms with Crippen LogP contribution in [0.15, 0.2) is 16.8 Å². The smallest absolute Gasteiger partial charge is 0.211 e. The van der Waals surface area contributed by atoms with Crippen LogP contribution in [0.5, 0.6) is 0 Å². The van der Waals surface area contributed by atoms with E-state index in [9.17, 15) is 13.5 Å². The molecule has 0 saturated carbocycles. The van der Waals surface area contributed by atoms with Crippen molar-refractivity contribution in [3.8, 4) is 0 Å². The molecule has 1 aromatic rings. The van der Waals surface area contributed by atoms with Gasteiger partial charge in [-0.3, -0.25) is 0 Å². The highest BCUT2D eigenvalue weighted by Gasteiger charge is 2.25. The van der Waals surface area contributed by atoms with Crippen LogP contribution in [0.1, 0.15) is 25.8 Å². The van der Waals surface area contributed by atoms with Gasteiger partial charge in [-0.15, -0.1) is 0 Å². The van der Waals surface area contributed by atoms with Crippen molar-refractivity contribution in [3.05, 3.63) is 22.4 Å². The Labute approximate surface area is 100 Å². The molecule has 6 heteroatoms. The van der Waals surface area contributed by atoms with Gasteiger partial charge in [0.05, 0.1) is 5.75 Å². The van der Waals surface area contributed by atoms with Crippen LogP contribution in [0, 0.1) is 0 Å². The van der Waals surface area contributed by atoms with Gasteiger partial charge in [-0.25, -0.2) is 13.1 Å². The standard InChI is InChI=1S/C10H17NO3S2/c1-3-6-16(13,14)11-8-10(2,12)9-4-5-15-7-9/h4-5,7,11-12H,3,6,8H2,1-2H3/t10-/m0/s1. The zero-order chi connectivity index (χ0) is 12.2. The van der Waals surface area contributed by atoms with Crippen LogP contribution < -0.4 is 4.72 Å². The SMILES string of the molecule is CCCS(=O)(=O)NC[C@](C)(O)c1ccsc1. The summed E-state index contributed by atoms with van der Waals surface area (Å²) in [4.78, 5) is 0. The maximum atomic E-state index is 11.4. The molecule has 1 rings (SSSR count). The molecule has 16 heavy (non-hydrogen) atoms. The number of aliphatic hydroxyl groups is 1. The molecular weight excluding hydrogens is 246 g/mol. The first-order valence-electron chi connectivity index (χ1n) is 5.10. The van der Waals surface area contributed by atoms with Gasteiger partial charge in [0.15, 0.2) is 0 Å². The first-order chi connectivity index (χ1) is 7.37. The van der Waals surface area contributed by atoms with E-state index in [2.05, 4.69) is 4.72 Å². The Balaban J connectivity index is 2.62. The zero-order valence-corrected chi connectivity index (χ0v) is 11.1. The van der Waals surface area contributed by atoms with E-state index in [-0.39, 0.29) is 12.3 Å². The fourth-order valence-corrected chi connectivity index (χ4v) is 3.23. The summed E-state index contributed by atoms with van der Waals surface area (Å²) in [6, 6.07) is 1.79. The van der Waals surface area contributed by atoms with Crippen molar-refractivity contribution in [2.24, 2.45) is 0 Å². The molecule has 0 aromatic carbocycles. The summed E-state index contributed by atoms with van der Waals surface area (Å²) in [5.41, 5.74) is -0.419. The Morgan fingerprint density at radius 1 is 1.56 bits per heavy atom. The maximum Gasteiger partial charge on any atom is 0.211 e. The number of hydrogen-bond donors (Lipinski definition) is 2. The molecule has 92 valence electrons. The van der Waals surface area contributed by atoms with Crippen molar-refractivity contribution >= 4 is 21.4 Å². The first kappa shape index (κ1) is 13.6. The molecule has 0 aliphatic heterocycles. The maximum absolute atomic E-state index is 11.4. The summed E-state index contributed by atoms with van der Waals surface area (Å²) in [6.45, 7) is 3.41. The van der Waals surface area contributed by atoms with Crippen molar-refractivity contribution in [1.82, 2.24) is 4.72 Å². The number of thiophene rings is 1. The Hall–Kier alpha value is -0.430. The summed E-state index contributed by atoms with van der Waals surface area (Å²) < 4.78 is 25.3. The van der Waals surface area contributed by atoms with Gasteiger partial charge in [0.1, 0.15) is 5.60 Å². The second kappa shape index (κ2) is 5.27. The first-order valence-corrected chi connectivity index (χ1v) is 7.69. The third-order valence-electron chi connectivity index (χ3n) is 2.25. The van der Waals surface area contributed by atoms with Crippen LogP contribution >= 0.6 is 11.3 Å². The molecule has 0 unspecified atom stereocenters. The van der Waals surface area contributed by atoms with Gasteiger partial charge in [0.2, 0.25) is 10.0 Å². The lowest BCUT2D eigenvalue weighted by Gasteiger charge is -2.22. The average Bonchev–Trinajstić information content (AvgIpc) is 2.68. The fraction of sp³-hybridized carbons (Fsp3) is 0.600. The second-order valence-corrected chi connectivity index (χ2v) is 6.63. The van der Waals surface area contributed by atoms with Gasteiger partial charge in [0, 0.05) is 6.54 Å². The summed E-state index contributed by atoms with van der Waals surface area (Å²) in [5, 5.41) is 13.8. The molecule has 0 spiro atoms. The Kier molecular flexibility index (Phi) is 4.49. The molecule has 0 saturated heterocycles. The average molecular weight is 263 g/mol. The van der Waals surface area contributed by atoms with Crippen molar-refractivity contribution in [2.45, 2.75) is 25.9 Å². The van der Waals surface area contributed by atoms with Gasteiger partial charge in [-0.2, -0.15) is 11.3 Å². The topological polar surface area (TPSA) is 66.4 Å². The van der Waals surface area contributed by atoms with E-state index < -0.39 is 15.6 Å². The Morgan fingerprint density at radius 3 is 2.75 bits per heavy atom. The van der Waals surface area contributed by atoms with Crippen LogP contribution in [0.25, 0.3) is 0 Å². The lowest BCUT2D eigenvalue weighted by Crippen LogP contribution is -2.39. The molecule has 0 amide bonds. The predicted octanol–water partition coefficient (Wildman–Crippen LogP) is 1.28. The minimum Gasteiger partial charge on any atom is -0.384 e. The van der Waals surface area contributed by atoms with Crippen LogP contribution in [0.2, 0.25) is 0 Å². The third kappa shape index (κ3) is 3.86.